The number of rotatable bonds is 3. The van der Waals surface area contributed by atoms with E-state index < -0.39 is 0 Å². The Morgan fingerprint density at radius 2 is 2.08 bits per heavy atom. The molecule has 0 aromatic carbocycles. The number of hydrogen-bond donors (Lipinski definition) is 2. The fourth-order valence-corrected chi connectivity index (χ4v) is 4.21. The normalized spacial score (nSPS) is 22.2. The Labute approximate surface area is 147 Å². The maximum atomic E-state index is 6.05. The minimum Gasteiger partial charge on any atom is -0.381 e. The number of anilines is 1. The Morgan fingerprint density at radius 3 is 2.84 bits per heavy atom. The molecule has 2 saturated carbocycles. The van der Waals surface area contributed by atoms with E-state index in [0.717, 1.165) is 46.5 Å². The van der Waals surface area contributed by atoms with E-state index in [-0.39, 0.29) is 5.60 Å². The molecule has 6 nitrogen and oxygen atoms in total. The van der Waals surface area contributed by atoms with E-state index in [1.165, 1.54) is 32.1 Å². The van der Waals surface area contributed by atoms with Gasteiger partial charge in [-0.3, -0.25) is 15.0 Å². The molecule has 5 rings (SSSR count). The smallest absolute Gasteiger partial charge is 0.159 e. The van der Waals surface area contributed by atoms with Crippen molar-refractivity contribution < 1.29 is 4.84 Å². The zero-order valence-electron chi connectivity index (χ0n) is 14.9. The van der Waals surface area contributed by atoms with Gasteiger partial charge >= 0.3 is 0 Å². The summed E-state index contributed by atoms with van der Waals surface area (Å²) in [4.78, 5) is 10.7. The van der Waals surface area contributed by atoms with Crippen LogP contribution >= 0.6 is 0 Å². The molecule has 3 heterocycles. The lowest BCUT2D eigenvalue weighted by atomic mass is 9.84. The van der Waals surface area contributed by atoms with Crippen LogP contribution in [0, 0.1) is 6.92 Å². The highest BCUT2D eigenvalue weighted by atomic mass is 16.7. The highest BCUT2D eigenvalue weighted by molar-refractivity contribution is 5.97. The largest absolute Gasteiger partial charge is 0.381 e. The van der Waals surface area contributed by atoms with E-state index in [9.17, 15) is 0 Å². The molecular weight excluding hydrogens is 314 g/mol. The summed E-state index contributed by atoms with van der Waals surface area (Å²) in [5.41, 5.74) is 8.31. The van der Waals surface area contributed by atoms with Crippen molar-refractivity contribution in [3.63, 3.8) is 0 Å². The number of fused-ring (bicyclic) bond motifs is 1. The van der Waals surface area contributed by atoms with E-state index in [1.54, 1.807) is 0 Å². The van der Waals surface area contributed by atoms with Crippen molar-refractivity contribution in [2.24, 2.45) is 7.05 Å². The van der Waals surface area contributed by atoms with Gasteiger partial charge in [-0.1, -0.05) is 19.3 Å². The molecule has 0 atom stereocenters. The van der Waals surface area contributed by atoms with Crippen LogP contribution < -0.4 is 10.8 Å². The Balaban J connectivity index is 1.63. The fraction of sp³-hybridized carbons (Fsp3) is 0.579. The van der Waals surface area contributed by atoms with Gasteiger partial charge in [0.05, 0.1) is 22.5 Å². The molecule has 2 N–H and O–H groups in total. The topological polar surface area (TPSA) is 64.0 Å². The summed E-state index contributed by atoms with van der Waals surface area (Å²) in [6.45, 7) is 2.06. The lowest BCUT2D eigenvalue weighted by molar-refractivity contribution is -0.0557. The maximum Gasteiger partial charge on any atom is 0.159 e. The van der Waals surface area contributed by atoms with Gasteiger partial charge in [0.2, 0.25) is 0 Å². The number of hydroxylamine groups is 1. The molecule has 1 spiro atoms. The van der Waals surface area contributed by atoms with Crippen LogP contribution in [0.2, 0.25) is 0 Å². The maximum absolute atomic E-state index is 6.05. The summed E-state index contributed by atoms with van der Waals surface area (Å²) >= 11 is 0. The number of nitrogens with one attached hydrogen (secondary N) is 2. The van der Waals surface area contributed by atoms with Gasteiger partial charge in [0, 0.05) is 24.8 Å². The first-order chi connectivity index (χ1) is 12.2. The highest BCUT2D eigenvalue weighted by Crippen LogP contribution is 2.41. The van der Waals surface area contributed by atoms with Gasteiger partial charge in [0.25, 0.3) is 0 Å². The standard InChI is InChI=1S/C19H25N5O/c1-12-16-17(21-13-6-7-13)14(11-20-18(16)24(2)22-12)15-10-19(25-23-15)8-4-3-5-9-19/h10-11,13,23H,3-9H2,1-2H3,(H,20,21). The lowest BCUT2D eigenvalue weighted by Gasteiger charge is -2.29. The third-order valence-electron chi connectivity index (χ3n) is 5.71. The summed E-state index contributed by atoms with van der Waals surface area (Å²) in [5, 5.41) is 9.42. The Bertz CT molecular complexity index is 858. The van der Waals surface area contributed by atoms with E-state index in [4.69, 9.17) is 9.82 Å². The first-order valence-corrected chi connectivity index (χ1v) is 9.41. The van der Waals surface area contributed by atoms with Crippen LogP contribution in [0.4, 0.5) is 5.69 Å². The summed E-state index contributed by atoms with van der Waals surface area (Å²) in [6, 6.07) is 0.565. The highest BCUT2D eigenvalue weighted by Gasteiger charge is 2.37. The van der Waals surface area contributed by atoms with Gasteiger partial charge in [0.15, 0.2) is 5.65 Å². The average molecular weight is 339 g/mol. The molecule has 2 aliphatic carbocycles. The summed E-state index contributed by atoms with van der Waals surface area (Å²) < 4.78 is 1.86. The second-order valence-corrected chi connectivity index (χ2v) is 7.76. The fourth-order valence-electron chi connectivity index (χ4n) is 4.21. The zero-order valence-corrected chi connectivity index (χ0v) is 14.9. The molecular formula is C19H25N5O. The van der Waals surface area contributed by atoms with E-state index in [2.05, 4.69) is 28.9 Å². The SMILES string of the molecule is Cc1nn(C)c2ncc(C3=CC4(CCCCC4)ON3)c(NC3CC3)c12. The van der Waals surface area contributed by atoms with E-state index >= 15 is 0 Å². The molecule has 25 heavy (non-hydrogen) atoms. The average Bonchev–Trinajstić information content (AvgIpc) is 3.27. The van der Waals surface area contributed by atoms with Gasteiger partial charge in [-0.05, 0) is 38.7 Å². The van der Waals surface area contributed by atoms with Crippen molar-refractivity contribution in [2.75, 3.05) is 5.32 Å². The molecule has 0 radical (unpaired) electrons. The van der Waals surface area contributed by atoms with Crippen LogP contribution in [0.3, 0.4) is 0 Å². The molecule has 2 aromatic rings. The molecule has 2 fully saturated rings. The molecule has 1 aliphatic heterocycles. The van der Waals surface area contributed by atoms with Crippen LogP contribution in [0.15, 0.2) is 12.3 Å². The van der Waals surface area contributed by atoms with Gasteiger partial charge < -0.3 is 5.32 Å². The van der Waals surface area contributed by atoms with Gasteiger partial charge in [-0.25, -0.2) is 4.98 Å². The third kappa shape index (κ3) is 2.51. The van der Waals surface area contributed by atoms with Gasteiger partial charge in [-0.15, -0.1) is 0 Å². The number of aryl methyl sites for hydroxylation is 2. The molecule has 2 aromatic heterocycles. The van der Waals surface area contributed by atoms with Crippen LogP contribution in [0.25, 0.3) is 16.7 Å². The summed E-state index contributed by atoms with van der Waals surface area (Å²) in [7, 11) is 1.95. The lowest BCUT2D eigenvalue weighted by Crippen LogP contribution is -2.31. The monoisotopic (exact) mass is 339 g/mol. The molecule has 0 amide bonds. The van der Waals surface area contributed by atoms with Crippen molar-refractivity contribution in [1.82, 2.24) is 20.2 Å². The van der Waals surface area contributed by atoms with Crippen molar-refractivity contribution in [3.8, 4) is 0 Å². The van der Waals surface area contributed by atoms with Crippen molar-refractivity contribution >= 4 is 22.4 Å². The Hall–Kier alpha value is -2.08. The minimum atomic E-state index is -0.136. The van der Waals surface area contributed by atoms with E-state index in [1.807, 2.05) is 17.9 Å². The molecule has 132 valence electrons. The van der Waals surface area contributed by atoms with Crippen LogP contribution in [-0.2, 0) is 11.9 Å². The zero-order chi connectivity index (χ0) is 17.0. The van der Waals surface area contributed by atoms with Gasteiger partial charge in [-0.2, -0.15) is 5.10 Å². The second-order valence-electron chi connectivity index (χ2n) is 7.76. The summed E-state index contributed by atoms with van der Waals surface area (Å²) in [6.07, 6.45) is 12.7. The molecule has 0 unspecified atom stereocenters. The first kappa shape index (κ1) is 15.2. The molecule has 0 saturated heterocycles. The third-order valence-corrected chi connectivity index (χ3v) is 5.71. The number of pyridine rings is 1. The van der Waals surface area contributed by atoms with Crippen LogP contribution in [-0.4, -0.2) is 26.4 Å². The molecule has 3 aliphatic rings. The van der Waals surface area contributed by atoms with Crippen LogP contribution in [0.5, 0.6) is 0 Å². The van der Waals surface area contributed by atoms with Gasteiger partial charge in [0.1, 0.15) is 5.60 Å². The predicted molar refractivity (Wildman–Crippen MR) is 97.9 cm³/mol. The van der Waals surface area contributed by atoms with E-state index in [0.29, 0.717) is 6.04 Å². The number of aromatic nitrogens is 3. The van der Waals surface area contributed by atoms with Crippen molar-refractivity contribution in [3.05, 3.63) is 23.5 Å². The number of hydrogen-bond acceptors (Lipinski definition) is 5. The predicted octanol–water partition coefficient (Wildman–Crippen LogP) is 3.43. The van der Waals surface area contributed by atoms with Crippen molar-refractivity contribution in [2.45, 2.75) is 63.5 Å². The molecule has 6 heteroatoms. The minimum absolute atomic E-state index is 0.136. The number of nitrogens with zero attached hydrogens (tertiary/aromatic N) is 3. The Kier molecular flexibility index (Phi) is 3.32. The Morgan fingerprint density at radius 1 is 1.28 bits per heavy atom. The summed E-state index contributed by atoms with van der Waals surface area (Å²) in [5.74, 6) is 0. The van der Waals surface area contributed by atoms with Crippen molar-refractivity contribution in [1.29, 1.82) is 0 Å². The second kappa shape index (κ2) is 5.46. The molecule has 0 bridgehead atoms. The first-order valence-electron chi connectivity index (χ1n) is 9.41. The van der Waals surface area contributed by atoms with Crippen LogP contribution in [0.1, 0.15) is 56.2 Å². The quantitative estimate of drug-likeness (QED) is 0.897.